The van der Waals surface area contributed by atoms with E-state index in [-0.39, 0.29) is 0 Å². The molecule has 1 aliphatic rings. The molecule has 0 spiro atoms. The van der Waals surface area contributed by atoms with Crippen LogP contribution in [-0.2, 0) is 0 Å². The SMILES string of the molecule is CCCCCCCCNc1nc(N2CCCCC2)c2[nH]c(-c3ccccc3)cc2n1. The number of nitrogens with zero attached hydrogens (tertiary/aromatic N) is 3. The van der Waals surface area contributed by atoms with Crippen LogP contribution >= 0.6 is 0 Å². The van der Waals surface area contributed by atoms with Crippen molar-refractivity contribution in [1.82, 2.24) is 15.0 Å². The summed E-state index contributed by atoms with van der Waals surface area (Å²) < 4.78 is 0. The highest BCUT2D eigenvalue weighted by Gasteiger charge is 2.19. The van der Waals surface area contributed by atoms with Crippen LogP contribution in [0.2, 0.25) is 0 Å². The Kier molecular flexibility index (Phi) is 7.22. The first-order valence-electron chi connectivity index (χ1n) is 11.8. The molecule has 1 fully saturated rings. The zero-order chi connectivity index (χ0) is 20.6. The van der Waals surface area contributed by atoms with E-state index in [4.69, 9.17) is 9.97 Å². The standard InChI is InChI=1S/C25H35N5/c1-2-3-4-5-6-11-16-26-25-28-22-19-21(20-14-9-7-10-15-20)27-23(22)24(29-25)30-17-12-8-13-18-30/h7,9-10,14-15,19,27H,2-6,8,11-13,16-18H2,1H3,(H,26,28,29). The van der Waals surface area contributed by atoms with Gasteiger partial charge in [0.2, 0.25) is 5.95 Å². The second kappa shape index (κ2) is 10.5. The van der Waals surface area contributed by atoms with Crippen LogP contribution in [-0.4, -0.2) is 34.6 Å². The fourth-order valence-corrected chi connectivity index (χ4v) is 4.29. The third kappa shape index (κ3) is 5.13. The van der Waals surface area contributed by atoms with Gasteiger partial charge in [0.05, 0.1) is 5.52 Å². The van der Waals surface area contributed by atoms with Gasteiger partial charge < -0.3 is 15.2 Å². The normalized spacial score (nSPS) is 14.4. The lowest BCUT2D eigenvalue weighted by molar-refractivity contribution is 0.574. The second-order valence-electron chi connectivity index (χ2n) is 8.42. The van der Waals surface area contributed by atoms with Crippen molar-refractivity contribution in [3.63, 3.8) is 0 Å². The van der Waals surface area contributed by atoms with Crippen LogP contribution in [0.15, 0.2) is 36.4 Å². The molecule has 0 saturated carbocycles. The molecule has 1 saturated heterocycles. The molecule has 0 bridgehead atoms. The van der Waals surface area contributed by atoms with E-state index < -0.39 is 0 Å². The van der Waals surface area contributed by atoms with Crippen LogP contribution in [0, 0.1) is 0 Å². The van der Waals surface area contributed by atoms with E-state index in [0.717, 1.165) is 48.1 Å². The van der Waals surface area contributed by atoms with E-state index in [1.807, 2.05) is 0 Å². The summed E-state index contributed by atoms with van der Waals surface area (Å²) in [6, 6.07) is 12.6. The molecule has 1 aromatic carbocycles. The number of piperidine rings is 1. The Morgan fingerprint density at radius 1 is 0.933 bits per heavy atom. The van der Waals surface area contributed by atoms with Crippen molar-refractivity contribution in [3.8, 4) is 11.3 Å². The Balaban J connectivity index is 1.53. The first-order valence-corrected chi connectivity index (χ1v) is 11.8. The lowest BCUT2D eigenvalue weighted by Crippen LogP contribution is -2.30. The molecule has 3 heterocycles. The highest BCUT2D eigenvalue weighted by molar-refractivity contribution is 5.91. The van der Waals surface area contributed by atoms with Gasteiger partial charge in [-0.2, -0.15) is 4.98 Å². The molecule has 1 aliphatic heterocycles. The third-order valence-electron chi connectivity index (χ3n) is 6.01. The summed E-state index contributed by atoms with van der Waals surface area (Å²) >= 11 is 0. The topological polar surface area (TPSA) is 56.8 Å². The molecular formula is C25H35N5. The minimum atomic E-state index is 0.759. The number of hydrogen-bond donors (Lipinski definition) is 2. The third-order valence-corrected chi connectivity index (χ3v) is 6.01. The first kappa shape index (κ1) is 20.7. The highest BCUT2D eigenvalue weighted by atomic mass is 15.2. The highest BCUT2D eigenvalue weighted by Crippen LogP contribution is 2.31. The Morgan fingerprint density at radius 2 is 1.70 bits per heavy atom. The van der Waals surface area contributed by atoms with Crippen molar-refractivity contribution in [2.24, 2.45) is 0 Å². The molecule has 0 aliphatic carbocycles. The van der Waals surface area contributed by atoms with Gasteiger partial charge in [0.1, 0.15) is 5.52 Å². The maximum atomic E-state index is 4.95. The summed E-state index contributed by atoms with van der Waals surface area (Å²) in [7, 11) is 0. The number of unbranched alkanes of at least 4 members (excludes halogenated alkanes) is 5. The van der Waals surface area contributed by atoms with Gasteiger partial charge in [-0.15, -0.1) is 0 Å². The predicted octanol–water partition coefficient (Wildman–Crippen LogP) is 6.39. The van der Waals surface area contributed by atoms with Crippen LogP contribution in [0.5, 0.6) is 0 Å². The summed E-state index contributed by atoms with van der Waals surface area (Å²) in [4.78, 5) is 15.8. The zero-order valence-corrected chi connectivity index (χ0v) is 18.3. The number of hydrogen-bond acceptors (Lipinski definition) is 4. The summed E-state index contributed by atoms with van der Waals surface area (Å²) in [5.74, 6) is 1.81. The number of anilines is 2. The number of H-pyrrole nitrogens is 1. The number of benzene rings is 1. The monoisotopic (exact) mass is 405 g/mol. The fraction of sp³-hybridized carbons (Fsp3) is 0.520. The van der Waals surface area contributed by atoms with Crippen LogP contribution in [0.3, 0.4) is 0 Å². The minimum absolute atomic E-state index is 0.759. The smallest absolute Gasteiger partial charge is 0.225 e. The quantitative estimate of drug-likeness (QED) is 0.384. The molecular weight excluding hydrogens is 370 g/mol. The Hall–Kier alpha value is -2.56. The molecule has 5 heteroatoms. The molecule has 3 aromatic rings. The van der Waals surface area contributed by atoms with Crippen LogP contribution in [0.1, 0.15) is 64.7 Å². The maximum Gasteiger partial charge on any atom is 0.225 e. The molecule has 160 valence electrons. The van der Waals surface area contributed by atoms with Crippen molar-refractivity contribution in [2.45, 2.75) is 64.7 Å². The largest absolute Gasteiger partial charge is 0.355 e. The van der Waals surface area contributed by atoms with E-state index >= 15 is 0 Å². The zero-order valence-electron chi connectivity index (χ0n) is 18.3. The van der Waals surface area contributed by atoms with Gasteiger partial charge in [-0.1, -0.05) is 69.4 Å². The lowest BCUT2D eigenvalue weighted by atomic mass is 10.1. The molecule has 4 rings (SSSR count). The van der Waals surface area contributed by atoms with E-state index in [1.165, 1.54) is 63.4 Å². The van der Waals surface area contributed by atoms with Gasteiger partial charge in [0.15, 0.2) is 5.82 Å². The van der Waals surface area contributed by atoms with Crippen molar-refractivity contribution in [1.29, 1.82) is 0 Å². The molecule has 0 atom stereocenters. The van der Waals surface area contributed by atoms with Gasteiger partial charge >= 0.3 is 0 Å². The Bertz CT molecular complexity index is 912. The number of aromatic nitrogens is 3. The van der Waals surface area contributed by atoms with Gasteiger partial charge in [-0.05, 0) is 37.3 Å². The van der Waals surface area contributed by atoms with Crippen molar-refractivity contribution in [2.75, 3.05) is 29.9 Å². The van der Waals surface area contributed by atoms with Crippen molar-refractivity contribution in [3.05, 3.63) is 36.4 Å². The number of fused-ring (bicyclic) bond motifs is 1. The maximum absolute atomic E-state index is 4.95. The molecule has 0 radical (unpaired) electrons. The Morgan fingerprint density at radius 3 is 2.50 bits per heavy atom. The minimum Gasteiger partial charge on any atom is -0.355 e. The molecule has 5 nitrogen and oxygen atoms in total. The van der Waals surface area contributed by atoms with E-state index in [1.54, 1.807) is 0 Å². The van der Waals surface area contributed by atoms with E-state index in [0.29, 0.717) is 0 Å². The van der Waals surface area contributed by atoms with Crippen LogP contribution in [0.4, 0.5) is 11.8 Å². The number of aromatic amines is 1. The molecule has 2 N–H and O–H groups in total. The summed E-state index contributed by atoms with van der Waals surface area (Å²) in [5.41, 5.74) is 4.34. The van der Waals surface area contributed by atoms with Gasteiger partial charge in [0, 0.05) is 25.3 Å². The second-order valence-corrected chi connectivity index (χ2v) is 8.42. The average molecular weight is 406 g/mol. The summed E-state index contributed by atoms with van der Waals surface area (Å²) in [5, 5.41) is 3.49. The Labute approximate surface area is 180 Å². The van der Waals surface area contributed by atoms with Gasteiger partial charge in [-0.3, -0.25) is 0 Å². The molecule has 0 amide bonds. The average Bonchev–Trinajstić information content (AvgIpc) is 3.23. The predicted molar refractivity (Wildman–Crippen MR) is 127 cm³/mol. The van der Waals surface area contributed by atoms with Crippen LogP contribution in [0.25, 0.3) is 22.3 Å². The summed E-state index contributed by atoms with van der Waals surface area (Å²) in [6.07, 6.45) is 11.6. The first-order chi connectivity index (χ1) is 14.8. The fourth-order valence-electron chi connectivity index (χ4n) is 4.29. The molecule has 30 heavy (non-hydrogen) atoms. The summed E-state index contributed by atoms with van der Waals surface area (Å²) in [6.45, 7) is 5.34. The van der Waals surface area contributed by atoms with Crippen LogP contribution < -0.4 is 10.2 Å². The molecule has 2 aromatic heterocycles. The number of rotatable bonds is 10. The number of nitrogens with one attached hydrogen (secondary N) is 2. The van der Waals surface area contributed by atoms with Crippen molar-refractivity contribution < 1.29 is 0 Å². The van der Waals surface area contributed by atoms with E-state index in [2.05, 4.69) is 58.5 Å². The van der Waals surface area contributed by atoms with Gasteiger partial charge in [-0.25, -0.2) is 4.98 Å². The van der Waals surface area contributed by atoms with Crippen molar-refractivity contribution >= 4 is 22.8 Å². The lowest BCUT2D eigenvalue weighted by Gasteiger charge is -2.28. The van der Waals surface area contributed by atoms with Gasteiger partial charge in [0.25, 0.3) is 0 Å². The molecule has 0 unspecified atom stereocenters. The van der Waals surface area contributed by atoms with E-state index in [9.17, 15) is 0 Å².